The average Bonchev–Trinajstić information content (AvgIpc) is 3.05. The van der Waals surface area contributed by atoms with Crippen molar-refractivity contribution in [2.75, 3.05) is 0 Å². The highest BCUT2D eigenvalue weighted by Crippen LogP contribution is 2.68. The lowest BCUT2D eigenvalue weighted by molar-refractivity contribution is -0.156. The second-order valence-electron chi connectivity index (χ2n) is 11.3. The molecule has 3 heteroatoms. The van der Waals surface area contributed by atoms with Gasteiger partial charge >= 0.3 is 0 Å². The Bertz CT molecular complexity index is 885. The van der Waals surface area contributed by atoms with Gasteiger partial charge < -0.3 is 9.84 Å². The fourth-order valence-corrected chi connectivity index (χ4v) is 8.34. The molecule has 4 aliphatic carbocycles. The number of ether oxygens (including phenoxy) is 1. The molecule has 1 aromatic rings. The van der Waals surface area contributed by atoms with E-state index in [-0.39, 0.29) is 11.5 Å². The molecule has 0 unspecified atom stereocenters. The van der Waals surface area contributed by atoms with Crippen molar-refractivity contribution < 1.29 is 14.6 Å². The Balaban J connectivity index is 1.38. The van der Waals surface area contributed by atoms with Crippen LogP contribution >= 0.6 is 0 Å². The number of hydrogen-bond acceptors (Lipinski definition) is 3. The van der Waals surface area contributed by atoms with E-state index in [9.17, 15) is 9.90 Å². The first kappa shape index (κ1) is 21.1. The van der Waals surface area contributed by atoms with Gasteiger partial charge in [-0.15, -0.1) is 0 Å². The number of carbonyl (C=O) groups is 1. The number of carbonyl (C=O) groups excluding carboxylic acids is 1. The van der Waals surface area contributed by atoms with E-state index in [2.05, 4.69) is 25.7 Å². The topological polar surface area (TPSA) is 46.5 Å². The Hall–Kier alpha value is -1.79. The highest BCUT2D eigenvalue weighted by Gasteiger charge is 2.64. The van der Waals surface area contributed by atoms with Gasteiger partial charge in [-0.25, -0.2) is 0 Å². The molecule has 31 heavy (non-hydrogen) atoms. The van der Waals surface area contributed by atoms with Gasteiger partial charge in [-0.2, -0.15) is 0 Å². The van der Waals surface area contributed by atoms with Crippen LogP contribution in [0.25, 0.3) is 0 Å². The molecule has 0 amide bonds. The van der Waals surface area contributed by atoms with Crippen molar-refractivity contribution in [2.24, 2.45) is 34.5 Å². The van der Waals surface area contributed by atoms with E-state index < -0.39 is 5.60 Å². The molecule has 0 aromatic heterocycles. The van der Waals surface area contributed by atoms with Crippen LogP contribution in [0.3, 0.4) is 0 Å². The van der Waals surface area contributed by atoms with E-state index in [0.717, 1.165) is 43.6 Å². The maximum atomic E-state index is 11.8. The highest BCUT2D eigenvalue weighted by molar-refractivity contribution is 5.38. The molecule has 0 bridgehead atoms. The van der Waals surface area contributed by atoms with Crippen LogP contribution < -0.4 is 0 Å². The predicted molar refractivity (Wildman–Crippen MR) is 121 cm³/mol. The molecule has 4 saturated carbocycles. The number of hydrogen-bond donors (Lipinski definition) is 1. The molecule has 4 fully saturated rings. The smallest absolute Gasteiger partial charge is 0.293 e. The number of aliphatic hydroxyl groups is 1. The molecule has 4 aliphatic rings. The standard InChI is InChI=1S/C28H36O3/c1-26-14-11-22(31-19-29)18-21(26)8-9-23-24(26)12-15-27(2)25(23)13-17-28(27,30)16-10-20-6-4-3-5-7-20/h3-7,19,21-25,30H,8-9,11-15,17-18H2,1-2H3/t21-,22-,23-,24+,25+,26+,27+,28+/m1/s1. The summed E-state index contributed by atoms with van der Waals surface area (Å²) >= 11 is 0. The fourth-order valence-electron chi connectivity index (χ4n) is 8.34. The lowest BCUT2D eigenvalue weighted by atomic mass is 9.44. The molecule has 1 aromatic carbocycles. The summed E-state index contributed by atoms with van der Waals surface area (Å²) in [5.74, 6) is 9.27. The number of fused-ring (bicyclic) bond motifs is 5. The maximum absolute atomic E-state index is 11.8. The van der Waals surface area contributed by atoms with Gasteiger partial charge in [-0.3, -0.25) is 4.79 Å². The van der Waals surface area contributed by atoms with Gasteiger partial charge in [0.15, 0.2) is 0 Å². The molecule has 8 atom stereocenters. The fraction of sp³-hybridized carbons (Fsp3) is 0.679. The van der Waals surface area contributed by atoms with Crippen molar-refractivity contribution in [3.63, 3.8) is 0 Å². The number of rotatable bonds is 2. The van der Waals surface area contributed by atoms with Crippen LogP contribution in [0.2, 0.25) is 0 Å². The lowest BCUT2D eigenvalue weighted by Crippen LogP contribution is -2.56. The summed E-state index contributed by atoms with van der Waals surface area (Å²) in [6, 6.07) is 10.1. The SMILES string of the molecule is C[C@]12CC[C@@H](OC=O)C[C@H]1CC[C@@H]1[C@@H]2CC[C@@]2(C)[C@H]1CC[C@@]2(O)C#Cc1ccccc1. The van der Waals surface area contributed by atoms with Crippen molar-refractivity contribution in [1.29, 1.82) is 0 Å². The van der Waals surface area contributed by atoms with Crippen molar-refractivity contribution in [1.82, 2.24) is 0 Å². The molecule has 0 spiro atoms. The van der Waals surface area contributed by atoms with Crippen LogP contribution in [0.5, 0.6) is 0 Å². The minimum absolute atomic E-state index is 0.114. The van der Waals surface area contributed by atoms with E-state index in [4.69, 9.17) is 4.74 Å². The zero-order chi connectivity index (χ0) is 21.7. The Morgan fingerprint density at radius 2 is 1.77 bits per heavy atom. The lowest BCUT2D eigenvalue weighted by Gasteiger charge is -2.61. The average molecular weight is 421 g/mol. The monoisotopic (exact) mass is 420 g/mol. The van der Waals surface area contributed by atoms with E-state index in [1.165, 1.54) is 25.7 Å². The Labute approximate surface area is 187 Å². The molecule has 0 aliphatic heterocycles. The molecule has 0 radical (unpaired) electrons. The molecular weight excluding hydrogens is 384 g/mol. The van der Waals surface area contributed by atoms with Gasteiger partial charge in [0.05, 0.1) is 0 Å². The van der Waals surface area contributed by atoms with Crippen molar-refractivity contribution in [3.8, 4) is 11.8 Å². The van der Waals surface area contributed by atoms with Crippen LogP contribution in [0.1, 0.15) is 77.2 Å². The first-order chi connectivity index (χ1) is 14.9. The molecule has 166 valence electrons. The Kier molecular flexibility index (Phi) is 5.21. The summed E-state index contributed by atoms with van der Waals surface area (Å²) in [6.45, 7) is 5.48. The number of benzene rings is 1. The molecular formula is C28H36O3. The van der Waals surface area contributed by atoms with Gasteiger partial charge in [0.1, 0.15) is 11.7 Å². The summed E-state index contributed by atoms with van der Waals surface area (Å²) in [4.78, 5) is 10.8. The van der Waals surface area contributed by atoms with E-state index in [1.54, 1.807) is 0 Å². The van der Waals surface area contributed by atoms with Gasteiger partial charge in [0.25, 0.3) is 6.47 Å². The second-order valence-corrected chi connectivity index (χ2v) is 11.3. The van der Waals surface area contributed by atoms with Crippen LogP contribution in [-0.2, 0) is 9.53 Å². The minimum Gasteiger partial charge on any atom is -0.465 e. The minimum atomic E-state index is -0.883. The first-order valence-corrected chi connectivity index (χ1v) is 12.3. The summed E-state index contributed by atoms with van der Waals surface area (Å²) in [5.41, 5.74) is 0.338. The zero-order valence-electron chi connectivity index (χ0n) is 19.0. The van der Waals surface area contributed by atoms with Gasteiger partial charge in [0, 0.05) is 11.0 Å². The third-order valence-corrected chi connectivity index (χ3v) is 10.2. The van der Waals surface area contributed by atoms with Crippen molar-refractivity contribution >= 4 is 6.47 Å². The van der Waals surface area contributed by atoms with Gasteiger partial charge in [0.2, 0.25) is 0 Å². The molecule has 3 nitrogen and oxygen atoms in total. The van der Waals surface area contributed by atoms with Crippen LogP contribution in [0.15, 0.2) is 30.3 Å². The van der Waals surface area contributed by atoms with Gasteiger partial charge in [-0.1, -0.05) is 43.9 Å². The van der Waals surface area contributed by atoms with E-state index in [0.29, 0.717) is 29.6 Å². The quantitative estimate of drug-likeness (QED) is 0.518. The van der Waals surface area contributed by atoms with Crippen LogP contribution in [0, 0.1) is 46.3 Å². The third kappa shape index (κ3) is 3.25. The maximum Gasteiger partial charge on any atom is 0.293 e. The van der Waals surface area contributed by atoms with Crippen LogP contribution in [0.4, 0.5) is 0 Å². The highest BCUT2D eigenvalue weighted by atomic mass is 16.5. The summed E-state index contributed by atoms with van der Waals surface area (Å²) < 4.78 is 5.36. The van der Waals surface area contributed by atoms with E-state index >= 15 is 0 Å². The first-order valence-electron chi connectivity index (χ1n) is 12.3. The molecule has 0 heterocycles. The molecule has 1 N–H and O–H groups in total. The second kappa shape index (κ2) is 7.66. The van der Waals surface area contributed by atoms with Crippen molar-refractivity contribution in [3.05, 3.63) is 35.9 Å². The van der Waals surface area contributed by atoms with Gasteiger partial charge in [-0.05, 0) is 99.0 Å². The predicted octanol–water partition coefficient (Wildman–Crippen LogP) is 5.35. The van der Waals surface area contributed by atoms with Crippen molar-refractivity contribution in [2.45, 2.75) is 83.3 Å². The molecule has 0 saturated heterocycles. The largest absolute Gasteiger partial charge is 0.465 e. The van der Waals surface area contributed by atoms with Crippen LogP contribution in [-0.4, -0.2) is 23.3 Å². The summed E-state index contributed by atoms with van der Waals surface area (Å²) in [7, 11) is 0. The Morgan fingerprint density at radius 3 is 2.55 bits per heavy atom. The molecule has 5 rings (SSSR count). The Morgan fingerprint density at radius 1 is 1.00 bits per heavy atom. The zero-order valence-corrected chi connectivity index (χ0v) is 19.0. The summed E-state index contributed by atoms with van der Waals surface area (Å²) in [5, 5.41) is 11.8. The van der Waals surface area contributed by atoms with E-state index in [1.807, 2.05) is 30.3 Å². The summed E-state index contributed by atoms with van der Waals surface area (Å²) in [6.07, 6.45) is 9.95. The third-order valence-electron chi connectivity index (χ3n) is 10.2. The normalized spacial score (nSPS) is 46.0.